The van der Waals surface area contributed by atoms with Crippen LogP contribution >= 0.6 is 0 Å². The molecule has 1 saturated carbocycles. The molecule has 5 heteroatoms. The van der Waals surface area contributed by atoms with E-state index in [1.165, 1.54) is 19.3 Å². The molecule has 0 aromatic rings. The predicted octanol–water partition coefficient (Wildman–Crippen LogP) is 0.125. The van der Waals surface area contributed by atoms with E-state index in [0.717, 1.165) is 6.54 Å². The first kappa shape index (κ1) is 11.9. The Morgan fingerprint density at radius 2 is 2.33 bits per heavy atom. The lowest BCUT2D eigenvalue weighted by Crippen LogP contribution is -2.52. The number of nitrogens with zero attached hydrogens (tertiary/aromatic N) is 2. The quantitative estimate of drug-likeness (QED) is 0.717. The van der Waals surface area contributed by atoms with Crippen LogP contribution in [0.4, 0.5) is 0 Å². The largest absolute Gasteiger partial charge is 0.360 e. The Hall–Kier alpha value is -1.12. The van der Waals surface area contributed by atoms with Crippen LogP contribution in [0.15, 0.2) is 0 Å². The Morgan fingerprint density at radius 3 is 3.17 bits per heavy atom. The van der Waals surface area contributed by atoms with Gasteiger partial charge in [0.15, 0.2) is 6.10 Å². The molecule has 0 bridgehead atoms. The number of morpholine rings is 1. The summed E-state index contributed by atoms with van der Waals surface area (Å²) in [6.07, 6.45) is 3.22. The minimum absolute atomic E-state index is 0.0186. The van der Waals surface area contributed by atoms with Crippen molar-refractivity contribution in [2.24, 2.45) is 11.8 Å². The number of amides is 1. The average molecular weight is 249 g/mol. The fraction of sp³-hybridized carbons (Fsp3) is 0.846. The van der Waals surface area contributed by atoms with Gasteiger partial charge in [0.25, 0.3) is 0 Å². The molecule has 3 rings (SSSR count). The van der Waals surface area contributed by atoms with Crippen molar-refractivity contribution in [2.75, 3.05) is 26.2 Å². The van der Waals surface area contributed by atoms with Gasteiger partial charge in [-0.1, -0.05) is 6.42 Å². The number of hydrogen-bond donors (Lipinski definition) is 1. The lowest BCUT2D eigenvalue weighted by Gasteiger charge is -2.33. The Labute approximate surface area is 107 Å². The number of ether oxygens (including phenoxy) is 1. The van der Waals surface area contributed by atoms with Crippen LogP contribution < -0.4 is 5.32 Å². The monoisotopic (exact) mass is 249 g/mol. The topological polar surface area (TPSA) is 65.4 Å². The molecule has 98 valence electrons. The summed E-state index contributed by atoms with van der Waals surface area (Å²) < 4.78 is 5.28. The molecule has 5 nitrogen and oxygen atoms in total. The Morgan fingerprint density at radius 1 is 1.44 bits per heavy atom. The molecule has 4 atom stereocenters. The Balaban J connectivity index is 1.65. The summed E-state index contributed by atoms with van der Waals surface area (Å²) in [5, 5.41) is 12.3. The molecule has 0 spiro atoms. The molecule has 3 fully saturated rings. The maximum atomic E-state index is 12.5. The van der Waals surface area contributed by atoms with Gasteiger partial charge in [-0.25, -0.2) is 0 Å². The molecule has 0 aromatic carbocycles. The van der Waals surface area contributed by atoms with Crippen LogP contribution in [-0.2, 0) is 9.53 Å². The van der Waals surface area contributed by atoms with Crippen molar-refractivity contribution in [2.45, 2.75) is 31.4 Å². The molecular weight excluding hydrogens is 230 g/mol. The van der Waals surface area contributed by atoms with E-state index in [9.17, 15) is 4.79 Å². The van der Waals surface area contributed by atoms with Gasteiger partial charge in [0.1, 0.15) is 0 Å². The van der Waals surface area contributed by atoms with Gasteiger partial charge in [0, 0.05) is 6.54 Å². The summed E-state index contributed by atoms with van der Waals surface area (Å²) in [5.74, 6) is 1.38. The third kappa shape index (κ3) is 2.00. The second kappa shape index (κ2) is 4.87. The highest BCUT2D eigenvalue weighted by atomic mass is 16.5. The van der Waals surface area contributed by atoms with Crippen LogP contribution in [0.25, 0.3) is 0 Å². The fourth-order valence-electron chi connectivity index (χ4n) is 3.58. The number of fused-ring (bicyclic) bond motifs is 1. The van der Waals surface area contributed by atoms with E-state index in [1.54, 1.807) is 4.90 Å². The van der Waals surface area contributed by atoms with E-state index in [2.05, 4.69) is 11.4 Å². The van der Waals surface area contributed by atoms with Gasteiger partial charge in [-0.15, -0.1) is 0 Å². The van der Waals surface area contributed by atoms with E-state index < -0.39 is 6.10 Å². The summed E-state index contributed by atoms with van der Waals surface area (Å²) in [6.45, 7) is 2.50. The number of carbonyl (C=O) groups excluding carboxylic acids is 1. The second-order valence-electron chi connectivity index (χ2n) is 5.51. The maximum absolute atomic E-state index is 12.5. The van der Waals surface area contributed by atoms with E-state index in [1.807, 2.05) is 0 Å². The number of rotatable bonds is 1. The van der Waals surface area contributed by atoms with Gasteiger partial charge in [0.2, 0.25) is 5.91 Å². The van der Waals surface area contributed by atoms with Gasteiger partial charge >= 0.3 is 0 Å². The highest BCUT2D eigenvalue weighted by molar-refractivity contribution is 5.83. The zero-order valence-corrected chi connectivity index (χ0v) is 10.5. The molecular formula is C13H19N3O2. The van der Waals surface area contributed by atoms with Crippen molar-refractivity contribution in [1.82, 2.24) is 10.2 Å². The normalized spacial score (nSPS) is 39.4. The molecule has 2 aliphatic heterocycles. The molecule has 0 radical (unpaired) electrons. The molecule has 18 heavy (non-hydrogen) atoms. The number of carbonyl (C=O) groups is 1. The van der Waals surface area contributed by atoms with Crippen LogP contribution in [0.5, 0.6) is 0 Å². The smallest absolute Gasteiger partial charge is 0.240 e. The first-order valence-corrected chi connectivity index (χ1v) is 6.83. The highest BCUT2D eigenvalue weighted by Gasteiger charge is 2.44. The third-order valence-corrected chi connectivity index (χ3v) is 4.53. The van der Waals surface area contributed by atoms with Gasteiger partial charge < -0.3 is 15.0 Å². The summed E-state index contributed by atoms with van der Waals surface area (Å²) in [7, 11) is 0. The number of nitriles is 1. The van der Waals surface area contributed by atoms with Crippen molar-refractivity contribution in [1.29, 1.82) is 5.26 Å². The minimum atomic E-state index is -0.455. The van der Waals surface area contributed by atoms with E-state index in [4.69, 9.17) is 10.00 Å². The van der Waals surface area contributed by atoms with Gasteiger partial charge in [-0.05, 0) is 31.2 Å². The Kier molecular flexibility index (Phi) is 3.23. The summed E-state index contributed by atoms with van der Waals surface area (Å²) in [5.41, 5.74) is 0. The first-order valence-electron chi connectivity index (χ1n) is 6.83. The average Bonchev–Trinajstić information content (AvgIpc) is 3.00. The zero-order valence-electron chi connectivity index (χ0n) is 10.5. The molecule has 0 aromatic heterocycles. The molecule has 2 heterocycles. The zero-order chi connectivity index (χ0) is 12.5. The van der Waals surface area contributed by atoms with E-state index in [-0.39, 0.29) is 11.9 Å². The van der Waals surface area contributed by atoms with Crippen LogP contribution in [0.1, 0.15) is 19.3 Å². The minimum Gasteiger partial charge on any atom is -0.360 e. The lowest BCUT2D eigenvalue weighted by atomic mass is 9.93. The molecule has 2 saturated heterocycles. The van der Waals surface area contributed by atoms with Crippen LogP contribution in [0.3, 0.4) is 0 Å². The summed E-state index contributed by atoms with van der Waals surface area (Å²) >= 11 is 0. The number of hydrogen-bond acceptors (Lipinski definition) is 4. The first-order chi connectivity index (χ1) is 8.79. The predicted molar refractivity (Wildman–Crippen MR) is 64.6 cm³/mol. The second-order valence-corrected chi connectivity index (χ2v) is 5.51. The molecule has 3 aliphatic rings. The van der Waals surface area contributed by atoms with Crippen molar-refractivity contribution < 1.29 is 9.53 Å². The highest BCUT2D eigenvalue weighted by Crippen LogP contribution is 2.38. The van der Waals surface area contributed by atoms with E-state index >= 15 is 0 Å². The van der Waals surface area contributed by atoms with Crippen molar-refractivity contribution in [3.05, 3.63) is 0 Å². The lowest BCUT2D eigenvalue weighted by molar-refractivity contribution is -0.140. The molecule has 1 N–H and O–H groups in total. The summed E-state index contributed by atoms with van der Waals surface area (Å²) in [6, 6.07) is 2.07. The van der Waals surface area contributed by atoms with E-state index in [0.29, 0.717) is 31.5 Å². The number of nitrogens with one attached hydrogen (secondary N) is 1. The Bertz CT molecular complexity index is 379. The maximum Gasteiger partial charge on any atom is 0.240 e. The van der Waals surface area contributed by atoms with Crippen LogP contribution in [-0.4, -0.2) is 49.2 Å². The fourth-order valence-corrected chi connectivity index (χ4v) is 3.58. The molecule has 1 aliphatic carbocycles. The van der Waals surface area contributed by atoms with Crippen molar-refractivity contribution >= 4 is 5.91 Å². The summed E-state index contributed by atoms with van der Waals surface area (Å²) in [4.78, 5) is 14.3. The molecule has 1 amide bonds. The van der Waals surface area contributed by atoms with Gasteiger partial charge in [-0.2, -0.15) is 5.26 Å². The van der Waals surface area contributed by atoms with Gasteiger partial charge in [-0.3, -0.25) is 4.79 Å². The van der Waals surface area contributed by atoms with Crippen molar-refractivity contribution in [3.8, 4) is 6.07 Å². The molecule has 4 unspecified atom stereocenters. The van der Waals surface area contributed by atoms with Crippen molar-refractivity contribution in [3.63, 3.8) is 0 Å². The SMILES string of the molecule is N#CC1CN(C(=O)C2NCC3CCCC32)CCO1. The van der Waals surface area contributed by atoms with Crippen LogP contribution in [0, 0.1) is 23.2 Å². The van der Waals surface area contributed by atoms with Crippen LogP contribution in [0.2, 0.25) is 0 Å². The standard InChI is InChI=1S/C13H19N3O2/c14-6-10-8-16(4-5-18-10)13(17)12-11-3-1-2-9(11)7-15-12/h9-12,15H,1-5,7-8H2. The van der Waals surface area contributed by atoms with Gasteiger partial charge in [0.05, 0.1) is 25.3 Å². The third-order valence-electron chi connectivity index (χ3n) is 4.53.